The number of hydrogen-bond acceptors (Lipinski definition) is 3. The zero-order valence-corrected chi connectivity index (χ0v) is 18.4. The van der Waals surface area contributed by atoms with Crippen LogP contribution in [0.4, 0.5) is 5.69 Å². The van der Waals surface area contributed by atoms with Gasteiger partial charge in [-0.3, -0.25) is 0 Å². The van der Waals surface area contributed by atoms with Gasteiger partial charge < -0.3 is 9.64 Å². The molecule has 3 nitrogen and oxygen atoms in total. The van der Waals surface area contributed by atoms with Crippen LogP contribution in [0, 0.1) is 11.8 Å². The molecular formula is C27H26ClNO2. The van der Waals surface area contributed by atoms with Gasteiger partial charge in [0.2, 0.25) is 0 Å². The van der Waals surface area contributed by atoms with Crippen molar-refractivity contribution in [2.24, 2.45) is 11.8 Å². The molecule has 4 aliphatic rings. The Morgan fingerprint density at radius 3 is 2.55 bits per heavy atom. The molecule has 4 heteroatoms. The van der Waals surface area contributed by atoms with E-state index in [4.69, 9.17) is 16.3 Å². The Hall–Kier alpha value is -2.52. The van der Waals surface area contributed by atoms with Crippen molar-refractivity contribution in [3.63, 3.8) is 0 Å². The summed E-state index contributed by atoms with van der Waals surface area (Å²) < 4.78 is 5.39. The Morgan fingerprint density at radius 2 is 1.77 bits per heavy atom. The predicted molar refractivity (Wildman–Crippen MR) is 124 cm³/mol. The first-order valence-electron chi connectivity index (χ1n) is 11.4. The zero-order valence-electron chi connectivity index (χ0n) is 17.6. The topological polar surface area (TPSA) is 29.5 Å². The largest absolute Gasteiger partial charge is 0.462 e. The molecule has 0 fully saturated rings. The summed E-state index contributed by atoms with van der Waals surface area (Å²) in [7, 11) is 0. The molecule has 158 valence electrons. The Labute approximate surface area is 188 Å². The number of carbonyl (C=O) groups is 1. The summed E-state index contributed by atoms with van der Waals surface area (Å²) in [6.45, 7) is 3.31. The Morgan fingerprint density at radius 1 is 1.06 bits per heavy atom. The Balaban J connectivity index is 1.56. The Kier molecular flexibility index (Phi) is 4.50. The summed E-state index contributed by atoms with van der Waals surface area (Å²) in [6, 6.07) is 12.9. The minimum atomic E-state index is -0.212. The Bertz CT molecular complexity index is 1090. The molecule has 31 heavy (non-hydrogen) atoms. The number of hydrogen-bond donors (Lipinski definition) is 0. The maximum atomic E-state index is 12.7. The number of nitrogens with zero attached hydrogens (tertiary/aromatic N) is 1. The first-order valence-corrected chi connectivity index (χ1v) is 11.7. The van der Waals surface area contributed by atoms with E-state index in [0.29, 0.717) is 41.9 Å². The van der Waals surface area contributed by atoms with Crippen molar-refractivity contribution in [3.8, 4) is 0 Å². The van der Waals surface area contributed by atoms with Gasteiger partial charge in [0.1, 0.15) is 0 Å². The highest BCUT2D eigenvalue weighted by atomic mass is 35.5. The third kappa shape index (κ3) is 2.90. The summed E-state index contributed by atoms with van der Waals surface area (Å²) in [5.74, 6) is 1.51. The van der Waals surface area contributed by atoms with Crippen molar-refractivity contribution in [3.05, 3.63) is 88.0 Å². The SMILES string of the molecule is CCOC(=O)c1cc2c3c(c1)[C@@H]1C=CC[C@@H]1CN3[C@@H](c1ccc(Cl)cc1)[C@@H]1CC=C[C@H]21. The van der Waals surface area contributed by atoms with Crippen molar-refractivity contribution in [1.82, 2.24) is 0 Å². The van der Waals surface area contributed by atoms with E-state index in [1.165, 1.54) is 22.4 Å². The number of esters is 1. The molecule has 2 aliphatic heterocycles. The second kappa shape index (κ2) is 7.27. The van der Waals surface area contributed by atoms with E-state index in [0.717, 1.165) is 24.4 Å². The fourth-order valence-corrected chi connectivity index (χ4v) is 6.47. The molecule has 5 atom stereocenters. The predicted octanol–water partition coefficient (Wildman–Crippen LogP) is 6.41. The molecule has 0 spiro atoms. The fraction of sp³-hybridized carbons (Fsp3) is 0.370. The summed E-state index contributed by atoms with van der Waals surface area (Å²) in [4.78, 5) is 15.4. The van der Waals surface area contributed by atoms with Gasteiger partial charge in [-0.1, -0.05) is 48.0 Å². The lowest BCUT2D eigenvalue weighted by Gasteiger charge is -2.51. The molecule has 2 aliphatic carbocycles. The highest BCUT2D eigenvalue weighted by molar-refractivity contribution is 6.30. The van der Waals surface area contributed by atoms with Crippen molar-refractivity contribution in [2.45, 2.75) is 37.6 Å². The van der Waals surface area contributed by atoms with Gasteiger partial charge in [0.25, 0.3) is 0 Å². The molecule has 2 heterocycles. The van der Waals surface area contributed by atoms with E-state index in [1.807, 2.05) is 19.1 Å². The first-order chi connectivity index (χ1) is 15.2. The van der Waals surface area contributed by atoms with Crippen molar-refractivity contribution < 1.29 is 9.53 Å². The second-order valence-corrected chi connectivity index (χ2v) is 9.61. The number of allylic oxidation sites excluding steroid dienone is 4. The van der Waals surface area contributed by atoms with Gasteiger partial charge in [0, 0.05) is 29.1 Å². The maximum absolute atomic E-state index is 12.7. The molecular weight excluding hydrogens is 406 g/mol. The minimum absolute atomic E-state index is 0.212. The van der Waals surface area contributed by atoms with Crippen LogP contribution in [-0.4, -0.2) is 19.1 Å². The van der Waals surface area contributed by atoms with Crippen LogP contribution in [0.2, 0.25) is 5.02 Å². The molecule has 2 aromatic carbocycles. The van der Waals surface area contributed by atoms with E-state index < -0.39 is 0 Å². The molecule has 0 aromatic heterocycles. The quantitative estimate of drug-likeness (QED) is 0.415. The smallest absolute Gasteiger partial charge is 0.338 e. The van der Waals surface area contributed by atoms with Crippen molar-refractivity contribution in [1.29, 1.82) is 0 Å². The zero-order chi connectivity index (χ0) is 21.1. The highest BCUT2D eigenvalue weighted by Crippen LogP contribution is 2.59. The molecule has 0 radical (unpaired) electrons. The number of anilines is 1. The van der Waals surface area contributed by atoms with E-state index in [-0.39, 0.29) is 5.97 Å². The molecule has 0 saturated carbocycles. The summed E-state index contributed by atoms with van der Waals surface area (Å²) in [5, 5.41) is 0.777. The van der Waals surface area contributed by atoms with Crippen LogP contribution in [-0.2, 0) is 4.74 Å². The summed E-state index contributed by atoms with van der Waals surface area (Å²) in [5.41, 5.74) is 5.96. The third-order valence-corrected chi connectivity index (χ3v) is 7.82. The monoisotopic (exact) mass is 431 g/mol. The molecule has 2 aromatic rings. The molecule has 0 N–H and O–H groups in total. The second-order valence-electron chi connectivity index (χ2n) is 9.18. The number of carbonyl (C=O) groups excluding carboxylic acids is 1. The third-order valence-electron chi connectivity index (χ3n) is 7.57. The van der Waals surface area contributed by atoms with Crippen molar-refractivity contribution >= 4 is 23.3 Å². The van der Waals surface area contributed by atoms with Gasteiger partial charge in [0.05, 0.1) is 18.2 Å². The first kappa shape index (κ1) is 19.2. The number of ether oxygens (including phenoxy) is 1. The highest BCUT2D eigenvalue weighted by Gasteiger charge is 2.48. The number of fused-ring (bicyclic) bond motifs is 4. The van der Waals surface area contributed by atoms with Gasteiger partial charge in [0.15, 0.2) is 0 Å². The lowest BCUT2D eigenvalue weighted by atomic mass is 9.70. The van der Waals surface area contributed by atoms with Crippen LogP contribution in [0.5, 0.6) is 0 Å². The van der Waals surface area contributed by atoms with Crippen LogP contribution < -0.4 is 4.90 Å². The van der Waals surface area contributed by atoms with Crippen LogP contribution in [0.25, 0.3) is 0 Å². The minimum Gasteiger partial charge on any atom is -0.462 e. The normalized spacial score (nSPS) is 29.5. The van der Waals surface area contributed by atoms with E-state index in [9.17, 15) is 4.79 Å². The van der Waals surface area contributed by atoms with Crippen LogP contribution in [0.15, 0.2) is 60.7 Å². The summed E-state index contributed by atoms with van der Waals surface area (Å²) >= 11 is 6.22. The number of rotatable bonds is 3. The number of halogens is 1. The van der Waals surface area contributed by atoms with Crippen LogP contribution in [0.1, 0.15) is 64.7 Å². The molecule has 0 bridgehead atoms. The fourth-order valence-electron chi connectivity index (χ4n) is 6.35. The van der Waals surface area contributed by atoms with E-state index >= 15 is 0 Å². The lowest BCUT2D eigenvalue weighted by Crippen LogP contribution is -2.46. The number of benzene rings is 2. The summed E-state index contributed by atoms with van der Waals surface area (Å²) in [6.07, 6.45) is 11.5. The molecule has 0 amide bonds. The molecule has 6 rings (SSSR count). The standard InChI is InChI=1S/C27H26ClNO2/c1-2-31-27(30)18-13-23-20-6-3-5-17(20)15-29-25(16-9-11-19(28)12-10-16)22-8-4-7-21(22)24(14-18)26(23)29/h3-4,6-7,9-14,17,20-22,25H,2,5,8,15H2,1H3/t17-,20-,21+,22-,25+/m1/s1. The van der Waals surface area contributed by atoms with Gasteiger partial charge in [-0.2, -0.15) is 0 Å². The van der Waals surface area contributed by atoms with Crippen molar-refractivity contribution in [2.75, 3.05) is 18.1 Å². The van der Waals surface area contributed by atoms with Crippen LogP contribution >= 0.6 is 11.6 Å². The van der Waals surface area contributed by atoms with Crippen LogP contribution in [0.3, 0.4) is 0 Å². The lowest BCUT2D eigenvalue weighted by molar-refractivity contribution is 0.0526. The average Bonchev–Trinajstić information content (AvgIpc) is 3.44. The maximum Gasteiger partial charge on any atom is 0.338 e. The van der Waals surface area contributed by atoms with E-state index in [2.05, 4.69) is 53.5 Å². The van der Waals surface area contributed by atoms with E-state index in [1.54, 1.807) is 0 Å². The average molecular weight is 432 g/mol. The van der Waals surface area contributed by atoms with Gasteiger partial charge in [-0.05, 0) is 72.6 Å². The molecule has 0 saturated heterocycles. The van der Waals surface area contributed by atoms with Gasteiger partial charge in [-0.25, -0.2) is 4.79 Å². The van der Waals surface area contributed by atoms with Gasteiger partial charge in [-0.15, -0.1) is 0 Å². The van der Waals surface area contributed by atoms with Gasteiger partial charge >= 0.3 is 5.97 Å². The molecule has 0 unspecified atom stereocenters.